The highest BCUT2D eigenvalue weighted by Crippen LogP contribution is 2.01. The molecule has 0 aliphatic carbocycles. The number of ether oxygens (including phenoxy) is 2. The average Bonchev–Trinajstić information content (AvgIpc) is 2.03. The molecule has 3 heteroatoms. The van der Waals surface area contributed by atoms with E-state index in [9.17, 15) is 0 Å². The second kappa shape index (κ2) is 8.48. The molecule has 13 heavy (non-hydrogen) atoms. The lowest BCUT2D eigenvalue weighted by molar-refractivity contribution is 0.00694. The standard InChI is InChI=1S/C10H22O3/c1-9(11)6-4-5-7-13-10(2)8-12-3/h9-11H,4-8H2,1-3H3. The summed E-state index contributed by atoms with van der Waals surface area (Å²) >= 11 is 0. The van der Waals surface area contributed by atoms with Crippen molar-refractivity contribution in [2.75, 3.05) is 20.3 Å². The fourth-order valence-corrected chi connectivity index (χ4v) is 1.11. The fraction of sp³-hybridized carbons (Fsp3) is 1.00. The van der Waals surface area contributed by atoms with E-state index < -0.39 is 0 Å². The van der Waals surface area contributed by atoms with Gasteiger partial charge in [-0.05, 0) is 33.1 Å². The molecule has 0 amide bonds. The van der Waals surface area contributed by atoms with Gasteiger partial charge >= 0.3 is 0 Å². The normalized spacial score (nSPS) is 15.7. The van der Waals surface area contributed by atoms with E-state index in [2.05, 4.69) is 0 Å². The second-order valence-electron chi connectivity index (χ2n) is 3.48. The van der Waals surface area contributed by atoms with Gasteiger partial charge in [-0.25, -0.2) is 0 Å². The van der Waals surface area contributed by atoms with Crippen molar-refractivity contribution < 1.29 is 14.6 Å². The largest absolute Gasteiger partial charge is 0.393 e. The first-order chi connectivity index (χ1) is 6.16. The van der Waals surface area contributed by atoms with E-state index in [1.165, 1.54) is 0 Å². The molecular weight excluding hydrogens is 168 g/mol. The van der Waals surface area contributed by atoms with E-state index in [0.29, 0.717) is 6.61 Å². The third-order valence-electron chi connectivity index (χ3n) is 1.82. The lowest BCUT2D eigenvalue weighted by atomic mass is 10.2. The highest BCUT2D eigenvalue weighted by atomic mass is 16.5. The molecule has 0 heterocycles. The first-order valence-corrected chi connectivity index (χ1v) is 4.95. The van der Waals surface area contributed by atoms with Crippen molar-refractivity contribution in [3.8, 4) is 0 Å². The minimum atomic E-state index is -0.184. The molecule has 0 aromatic carbocycles. The van der Waals surface area contributed by atoms with Gasteiger partial charge in [0.15, 0.2) is 0 Å². The van der Waals surface area contributed by atoms with Crippen LogP contribution in [-0.4, -0.2) is 37.6 Å². The Morgan fingerprint density at radius 2 is 1.92 bits per heavy atom. The van der Waals surface area contributed by atoms with Crippen molar-refractivity contribution >= 4 is 0 Å². The zero-order valence-corrected chi connectivity index (χ0v) is 8.95. The molecule has 2 unspecified atom stereocenters. The Kier molecular flexibility index (Phi) is 8.40. The van der Waals surface area contributed by atoms with Gasteiger partial charge < -0.3 is 14.6 Å². The van der Waals surface area contributed by atoms with E-state index in [1.807, 2.05) is 13.8 Å². The average molecular weight is 190 g/mol. The van der Waals surface area contributed by atoms with Crippen molar-refractivity contribution in [1.29, 1.82) is 0 Å². The topological polar surface area (TPSA) is 38.7 Å². The van der Waals surface area contributed by atoms with E-state index in [1.54, 1.807) is 7.11 Å². The van der Waals surface area contributed by atoms with E-state index in [-0.39, 0.29) is 12.2 Å². The summed E-state index contributed by atoms with van der Waals surface area (Å²) in [7, 11) is 1.67. The lowest BCUT2D eigenvalue weighted by Gasteiger charge is -2.11. The summed E-state index contributed by atoms with van der Waals surface area (Å²) in [5.74, 6) is 0. The van der Waals surface area contributed by atoms with Gasteiger partial charge in [0.05, 0.1) is 18.8 Å². The van der Waals surface area contributed by atoms with Gasteiger partial charge in [-0.2, -0.15) is 0 Å². The maximum Gasteiger partial charge on any atom is 0.0780 e. The van der Waals surface area contributed by atoms with Gasteiger partial charge in [-0.3, -0.25) is 0 Å². The molecule has 0 aliphatic rings. The molecule has 0 aliphatic heterocycles. The van der Waals surface area contributed by atoms with Gasteiger partial charge in [0.2, 0.25) is 0 Å². The van der Waals surface area contributed by atoms with Crippen molar-refractivity contribution in [2.45, 2.75) is 45.3 Å². The smallest absolute Gasteiger partial charge is 0.0780 e. The zero-order valence-electron chi connectivity index (χ0n) is 8.95. The molecule has 2 atom stereocenters. The fourth-order valence-electron chi connectivity index (χ4n) is 1.11. The highest BCUT2D eigenvalue weighted by molar-refractivity contribution is 4.50. The van der Waals surface area contributed by atoms with Crippen LogP contribution >= 0.6 is 0 Å². The van der Waals surface area contributed by atoms with Crippen LogP contribution in [0.1, 0.15) is 33.1 Å². The summed E-state index contributed by atoms with van der Waals surface area (Å²) in [6, 6.07) is 0. The first-order valence-electron chi connectivity index (χ1n) is 4.95. The van der Waals surface area contributed by atoms with Gasteiger partial charge in [0.1, 0.15) is 0 Å². The number of hydrogen-bond acceptors (Lipinski definition) is 3. The molecule has 0 aromatic heterocycles. The molecule has 0 bridgehead atoms. The van der Waals surface area contributed by atoms with Crippen LogP contribution in [0.4, 0.5) is 0 Å². The van der Waals surface area contributed by atoms with Crippen LogP contribution < -0.4 is 0 Å². The predicted octanol–water partition coefficient (Wildman–Crippen LogP) is 1.59. The predicted molar refractivity (Wildman–Crippen MR) is 52.8 cm³/mol. The van der Waals surface area contributed by atoms with Crippen LogP contribution in [0.5, 0.6) is 0 Å². The molecule has 0 spiro atoms. The van der Waals surface area contributed by atoms with Gasteiger partial charge in [-0.15, -0.1) is 0 Å². The molecule has 3 nitrogen and oxygen atoms in total. The van der Waals surface area contributed by atoms with Crippen LogP contribution in [0.25, 0.3) is 0 Å². The Morgan fingerprint density at radius 1 is 1.23 bits per heavy atom. The maximum atomic E-state index is 8.98. The van der Waals surface area contributed by atoms with Crippen LogP contribution in [0.15, 0.2) is 0 Å². The zero-order chi connectivity index (χ0) is 10.1. The number of methoxy groups -OCH3 is 1. The molecule has 1 N–H and O–H groups in total. The van der Waals surface area contributed by atoms with E-state index in [4.69, 9.17) is 14.6 Å². The van der Waals surface area contributed by atoms with Crippen LogP contribution in [0.3, 0.4) is 0 Å². The summed E-state index contributed by atoms with van der Waals surface area (Å²) in [5, 5.41) is 8.98. The van der Waals surface area contributed by atoms with Crippen LogP contribution in [-0.2, 0) is 9.47 Å². The Balaban J connectivity index is 3.06. The second-order valence-corrected chi connectivity index (χ2v) is 3.48. The van der Waals surface area contributed by atoms with Gasteiger partial charge in [0, 0.05) is 13.7 Å². The molecule has 0 radical (unpaired) electrons. The van der Waals surface area contributed by atoms with Crippen molar-refractivity contribution in [3.63, 3.8) is 0 Å². The Labute approximate surface area is 81.0 Å². The summed E-state index contributed by atoms with van der Waals surface area (Å²) < 4.78 is 10.4. The number of aliphatic hydroxyl groups is 1. The van der Waals surface area contributed by atoms with Gasteiger partial charge in [-0.1, -0.05) is 0 Å². The van der Waals surface area contributed by atoms with E-state index >= 15 is 0 Å². The summed E-state index contributed by atoms with van der Waals surface area (Å²) in [4.78, 5) is 0. The van der Waals surface area contributed by atoms with Crippen molar-refractivity contribution in [2.24, 2.45) is 0 Å². The number of hydrogen-bond donors (Lipinski definition) is 1. The first kappa shape index (κ1) is 12.9. The summed E-state index contributed by atoms with van der Waals surface area (Å²) in [5.41, 5.74) is 0. The van der Waals surface area contributed by atoms with E-state index in [0.717, 1.165) is 25.9 Å². The minimum Gasteiger partial charge on any atom is -0.393 e. The monoisotopic (exact) mass is 190 g/mol. The van der Waals surface area contributed by atoms with Gasteiger partial charge in [0.25, 0.3) is 0 Å². The molecule has 0 saturated heterocycles. The third kappa shape index (κ3) is 9.80. The van der Waals surface area contributed by atoms with Crippen molar-refractivity contribution in [1.82, 2.24) is 0 Å². The molecular formula is C10H22O3. The Morgan fingerprint density at radius 3 is 2.46 bits per heavy atom. The maximum absolute atomic E-state index is 8.98. The SMILES string of the molecule is COCC(C)OCCCCC(C)O. The summed E-state index contributed by atoms with van der Waals surface area (Å²) in [6.45, 7) is 5.22. The summed E-state index contributed by atoms with van der Waals surface area (Å²) in [6.07, 6.45) is 2.89. The molecule has 0 aromatic rings. The molecule has 0 fully saturated rings. The molecule has 80 valence electrons. The Bertz CT molecular complexity index is 104. The number of unbranched alkanes of at least 4 members (excludes halogenated alkanes) is 1. The molecule has 0 saturated carbocycles. The number of aliphatic hydroxyl groups excluding tert-OH is 1. The molecule has 0 rings (SSSR count). The van der Waals surface area contributed by atoms with Crippen LogP contribution in [0.2, 0.25) is 0 Å². The van der Waals surface area contributed by atoms with Crippen molar-refractivity contribution in [3.05, 3.63) is 0 Å². The third-order valence-corrected chi connectivity index (χ3v) is 1.82. The lowest BCUT2D eigenvalue weighted by Crippen LogP contribution is -2.15. The van der Waals surface area contributed by atoms with Crippen LogP contribution in [0, 0.1) is 0 Å². The highest BCUT2D eigenvalue weighted by Gasteiger charge is 2.00. The minimum absolute atomic E-state index is 0.177. The Hall–Kier alpha value is -0.120. The quantitative estimate of drug-likeness (QED) is 0.591. The number of rotatable bonds is 8.